The number of benzene rings is 1. The smallest absolute Gasteiger partial charge is 0.209 e. The van der Waals surface area contributed by atoms with Gasteiger partial charge in [-0.1, -0.05) is 0 Å². The molecule has 0 bridgehead atoms. The van der Waals surface area contributed by atoms with Crippen LogP contribution in [0.15, 0.2) is 18.2 Å². The van der Waals surface area contributed by atoms with Crippen LogP contribution in [0.2, 0.25) is 0 Å². The molecule has 1 aromatic carbocycles. The number of fused-ring (bicyclic) bond motifs is 1. The van der Waals surface area contributed by atoms with Crippen LogP contribution in [0.3, 0.4) is 0 Å². The van der Waals surface area contributed by atoms with Crippen molar-refractivity contribution in [3.05, 3.63) is 35.3 Å². The minimum absolute atomic E-state index is 0.602. The van der Waals surface area contributed by atoms with Gasteiger partial charge >= 0.3 is 0 Å². The van der Waals surface area contributed by atoms with E-state index in [0.29, 0.717) is 19.7 Å². The van der Waals surface area contributed by atoms with Crippen molar-refractivity contribution in [3.63, 3.8) is 0 Å². The highest BCUT2D eigenvalue weighted by atomic mass is 16.5. The van der Waals surface area contributed by atoms with Gasteiger partial charge in [-0.3, -0.25) is 4.79 Å². The number of aromatic nitrogens is 3. The first-order valence-electron chi connectivity index (χ1n) is 10.6. The largest absolute Gasteiger partial charge is 0.494 e. The number of carbonyl (C=O) groups excluding carboxylic acids is 1. The van der Waals surface area contributed by atoms with Crippen LogP contribution in [0, 0.1) is 20.8 Å². The molecule has 31 heavy (non-hydrogen) atoms. The Morgan fingerprint density at radius 3 is 2.39 bits per heavy atom. The first-order chi connectivity index (χ1) is 15.0. The molecular formula is C23H29N5O3. The second-order valence-electron chi connectivity index (χ2n) is 7.76. The van der Waals surface area contributed by atoms with Crippen LogP contribution >= 0.6 is 0 Å². The number of rotatable bonds is 6. The van der Waals surface area contributed by atoms with E-state index in [-0.39, 0.29) is 0 Å². The molecule has 164 valence electrons. The maximum absolute atomic E-state index is 11.1. The van der Waals surface area contributed by atoms with Crippen molar-refractivity contribution in [1.29, 1.82) is 0 Å². The molecule has 0 saturated carbocycles. The standard InChI is InChI=1S/C23H29N5O3/c1-6-31-18-7-8-19(20(13-18)30-5)28-16(3)21-15(2)24-25-23(22(21)17(28)4)27-11-9-26(14-29)10-12-27/h7-8,13-14H,6,9-12H2,1-5H3. The van der Waals surface area contributed by atoms with Crippen LogP contribution in [-0.4, -0.2) is 66.0 Å². The molecule has 0 N–H and O–H groups in total. The molecular weight excluding hydrogens is 394 g/mol. The lowest BCUT2D eigenvalue weighted by molar-refractivity contribution is -0.118. The molecule has 0 atom stereocenters. The topological polar surface area (TPSA) is 72.7 Å². The van der Waals surface area contributed by atoms with E-state index in [9.17, 15) is 4.79 Å². The van der Waals surface area contributed by atoms with Gasteiger partial charge in [-0.2, -0.15) is 5.10 Å². The van der Waals surface area contributed by atoms with Gasteiger partial charge in [0.2, 0.25) is 6.41 Å². The molecule has 1 amide bonds. The SMILES string of the molecule is CCOc1ccc(-n2c(C)c3c(C)nnc(N4CCN(C=O)CC4)c3c2C)c(OC)c1. The number of hydrogen-bond donors (Lipinski definition) is 0. The molecule has 1 saturated heterocycles. The first-order valence-corrected chi connectivity index (χ1v) is 10.6. The second kappa shape index (κ2) is 8.45. The molecule has 0 unspecified atom stereocenters. The van der Waals surface area contributed by atoms with Crippen LogP contribution in [0.4, 0.5) is 5.82 Å². The summed E-state index contributed by atoms with van der Waals surface area (Å²) in [7, 11) is 1.68. The van der Waals surface area contributed by atoms with Crippen molar-refractivity contribution in [3.8, 4) is 17.2 Å². The number of nitrogens with zero attached hydrogens (tertiary/aromatic N) is 5. The number of amides is 1. The Morgan fingerprint density at radius 2 is 1.74 bits per heavy atom. The molecule has 1 fully saturated rings. The summed E-state index contributed by atoms with van der Waals surface area (Å²) in [6.07, 6.45) is 0.915. The van der Waals surface area contributed by atoms with Gasteiger partial charge in [0.1, 0.15) is 11.5 Å². The Bertz CT molecular complexity index is 1120. The molecule has 2 aromatic heterocycles. The fourth-order valence-electron chi connectivity index (χ4n) is 4.50. The zero-order chi connectivity index (χ0) is 22.1. The van der Waals surface area contributed by atoms with E-state index in [4.69, 9.17) is 9.47 Å². The minimum atomic E-state index is 0.602. The Balaban J connectivity index is 1.88. The summed E-state index contributed by atoms with van der Waals surface area (Å²) >= 11 is 0. The Kier molecular flexibility index (Phi) is 5.71. The molecule has 1 aliphatic rings. The normalized spacial score (nSPS) is 14.2. The summed E-state index contributed by atoms with van der Waals surface area (Å²) in [5.41, 5.74) is 4.03. The van der Waals surface area contributed by atoms with Crippen molar-refractivity contribution in [2.45, 2.75) is 27.7 Å². The van der Waals surface area contributed by atoms with Gasteiger partial charge < -0.3 is 23.8 Å². The predicted molar refractivity (Wildman–Crippen MR) is 121 cm³/mol. The van der Waals surface area contributed by atoms with Gasteiger partial charge in [0, 0.05) is 54.4 Å². The fourth-order valence-corrected chi connectivity index (χ4v) is 4.50. The van der Waals surface area contributed by atoms with Gasteiger partial charge in [0.15, 0.2) is 5.82 Å². The van der Waals surface area contributed by atoms with Crippen LogP contribution in [0.1, 0.15) is 24.0 Å². The van der Waals surface area contributed by atoms with E-state index < -0.39 is 0 Å². The van der Waals surface area contributed by atoms with Crippen LogP contribution in [-0.2, 0) is 4.79 Å². The lowest BCUT2D eigenvalue weighted by atomic mass is 10.1. The Morgan fingerprint density at radius 1 is 1.03 bits per heavy atom. The number of piperazine rings is 1. The van der Waals surface area contributed by atoms with E-state index in [1.807, 2.05) is 32.0 Å². The lowest BCUT2D eigenvalue weighted by Gasteiger charge is -2.33. The van der Waals surface area contributed by atoms with E-state index in [1.165, 1.54) is 0 Å². The van der Waals surface area contributed by atoms with Gasteiger partial charge in [-0.25, -0.2) is 0 Å². The maximum Gasteiger partial charge on any atom is 0.209 e. The Hall–Kier alpha value is -3.29. The van der Waals surface area contributed by atoms with E-state index in [2.05, 4.69) is 33.5 Å². The van der Waals surface area contributed by atoms with Crippen molar-refractivity contribution >= 4 is 23.0 Å². The number of anilines is 1. The van der Waals surface area contributed by atoms with Crippen LogP contribution in [0.5, 0.6) is 11.5 Å². The van der Waals surface area contributed by atoms with Gasteiger partial charge in [-0.15, -0.1) is 5.10 Å². The van der Waals surface area contributed by atoms with Crippen molar-refractivity contribution < 1.29 is 14.3 Å². The average molecular weight is 424 g/mol. The number of hydrogen-bond acceptors (Lipinski definition) is 6. The summed E-state index contributed by atoms with van der Waals surface area (Å²) in [5, 5.41) is 11.3. The molecule has 0 aliphatic carbocycles. The highest BCUT2D eigenvalue weighted by Gasteiger charge is 2.25. The molecule has 0 radical (unpaired) electrons. The monoisotopic (exact) mass is 423 g/mol. The fraction of sp³-hybridized carbons (Fsp3) is 0.435. The number of ether oxygens (including phenoxy) is 2. The first kappa shape index (κ1) is 21.0. The predicted octanol–water partition coefficient (Wildman–Crippen LogP) is 3.03. The van der Waals surface area contributed by atoms with Crippen LogP contribution < -0.4 is 14.4 Å². The third kappa shape index (κ3) is 3.56. The molecule has 3 heterocycles. The van der Waals surface area contributed by atoms with E-state index in [1.54, 1.807) is 12.0 Å². The van der Waals surface area contributed by atoms with Gasteiger partial charge in [0.05, 0.1) is 25.1 Å². The van der Waals surface area contributed by atoms with Crippen molar-refractivity contribution in [2.75, 3.05) is 44.8 Å². The minimum Gasteiger partial charge on any atom is -0.494 e. The van der Waals surface area contributed by atoms with Crippen molar-refractivity contribution in [1.82, 2.24) is 19.7 Å². The van der Waals surface area contributed by atoms with E-state index >= 15 is 0 Å². The second-order valence-corrected chi connectivity index (χ2v) is 7.76. The summed E-state index contributed by atoms with van der Waals surface area (Å²) in [5.74, 6) is 2.40. The Labute approximate surface area is 182 Å². The summed E-state index contributed by atoms with van der Waals surface area (Å²) in [4.78, 5) is 15.1. The molecule has 0 spiro atoms. The molecule has 3 aromatic rings. The average Bonchev–Trinajstić information content (AvgIpc) is 3.05. The van der Waals surface area contributed by atoms with Gasteiger partial charge in [0.25, 0.3) is 0 Å². The lowest BCUT2D eigenvalue weighted by Crippen LogP contribution is -2.46. The molecule has 4 rings (SSSR count). The summed E-state index contributed by atoms with van der Waals surface area (Å²) in [6, 6.07) is 5.92. The van der Waals surface area contributed by atoms with E-state index in [0.717, 1.165) is 70.4 Å². The molecule has 8 nitrogen and oxygen atoms in total. The maximum atomic E-state index is 11.1. The quantitative estimate of drug-likeness (QED) is 0.568. The number of carbonyl (C=O) groups is 1. The zero-order valence-corrected chi connectivity index (χ0v) is 18.8. The highest BCUT2D eigenvalue weighted by molar-refractivity contribution is 5.99. The van der Waals surface area contributed by atoms with Gasteiger partial charge in [-0.05, 0) is 39.8 Å². The van der Waals surface area contributed by atoms with Crippen molar-refractivity contribution in [2.24, 2.45) is 0 Å². The third-order valence-electron chi connectivity index (χ3n) is 5.99. The number of methoxy groups -OCH3 is 1. The zero-order valence-electron chi connectivity index (χ0n) is 18.8. The third-order valence-corrected chi connectivity index (χ3v) is 5.99. The summed E-state index contributed by atoms with van der Waals surface area (Å²) in [6.45, 7) is 11.6. The highest BCUT2D eigenvalue weighted by Crippen LogP contribution is 2.38. The summed E-state index contributed by atoms with van der Waals surface area (Å²) < 4.78 is 13.6. The molecule has 1 aliphatic heterocycles. The molecule has 8 heteroatoms. The van der Waals surface area contributed by atoms with Crippen LogP contribution in [0.25, 0.3) is 16.5 Å². The number of aryl methyl sites for hydroxylation is 3.